The minimum atomic E-state index is -4.50. The number of nitrogens with one attached hydrogen (secondary N) is 1. The highest BCUT2D eigenvalue weighted by Crippen LogP contribution is 2.52. The number of carbonyl (C=O) groups is 2. The van der Waals surface area contributed by atoms with Crippen LogP contribution in [0.25, 0.3) is 0 Å². The summed E-state index contributed by atoms with van der Waals surface area (Å²) in [6, 6.07) is 1.12. The number of pyridine rings is 1. The fourth-order valence-electron chi connectivity index (χ4n) is 6.13. The summed E-state index contributed by atoms with van der Waals surface area (Å²) in [6.07, 6.45) is -0.275. The molecular formula is C23H28F3N3O4. The molecule has 3 aliphatic heterocycles. The lowest BCUT2D eigenvalue weighted by Crippen LogP contribution is -2.45. The fourth-order valence-corrected chi connectivity index (χ4v) is 6.13. The lowest BCUT2D eigenvalue weighted by molar-refractivity contribution is -0.154. The Morgan fingerprint density at radius 3 is 2.73 bits per heavy atom. The third kappa shape index (κ3) is 4.01. The van der Waals surface area contributed by atoms with Crippen molar-refractivity contribution in [2.24, 2.45) is 5.41 Å². The molecule has 1 aliphatic carbocycles. The van der Waals surface area contributed by atoms with E-state index in [2.05, 4.69) is 10.3 Å². The van der Waals surface area contributed by atoms with Gasteiger partial charge in [0.1, 0.15) is 6.10 Å². The van der Waals surface area contributed by atoms with Crippen LogP contribution in [0, 0.1) is 5.41 Å². The molecule has 3 fully saturated rings. The standard InChI is InChI=1S/C23H28F3N3O4/c1-13(30)33-20-19-9-18-14(8-15(11-27-18)23(24,25)26)12-29(19)21(31)22(20)5-2-17(10-22)28-16-3-6-32-7-4-16/h8,11,16-17,19-20,28H,2-7,9-10,12H2,1H3/t17-,19?,20?,22+/m1/s1. The van der Waals surface area contributed by atoms with E-state index < -0.39 is 35.3 Å². The van der Waals surface area contributed by atoms with Crippen molar-refractivity contribution < 1.29 is 32.2 Å². The molecule has 10 heteroatoms. The van der Waals surface area contributed by atoms with Crippen molar-refractivity contribution in [1.82, 2.24) is 15.2 Å². The van der Waals surface area contributed by atoms with Crippen LogP contribution in [-0.2, 0) is 38.2 Å². The highest BCUT2D eigenvalue weighted by molar-refractivity contribution is 5.88. The first-order chi connectivity index (χ1) is 15.7. The maximum atomic E-state index is 13.7. The predicted molar refractivity (Wildman–Crippen MR) is 110 cm³/mol. The van der Waals surface area contributed by atoms with Crippen LogP contribution in [0.1, 0.15) is 55.8 Å². The summed E-state index contributed by atoms with van der Waals surface area (Å²) in [7, 11) is 0. The van der Waals surface area contributed by atoms with Gasteiger partial charge >= 0.3 is 12.1 Å². The number of hydrogen-bond donors (Lipinski definition) is 1. The highest BCUT2D eigenvalue weighted by atomic mass is 19.4. The van der Waals surface area contributed by atoms with Gasteiger partial charge in [0, 0.05) is 57.1 Å². The van der Waals surface area contributed by atoms with Crippen molar-refractivity contribution in [2.75, 3.05) is 13.2 Å². The first-order valence-corrected chi connectivity index (χ1v) is 11.5. The van der Waals surface area contributed by atoms with E-state index in [1.54, 1.807) is 4.90 Å². The largest absolute Gasteiger partial charge is 0.459 e. The van der Waals surface area contributed by atoms with Crippen molar-refractivity contribution in [2.45, 2.75) is 82.4 Å². The number of aromatic nitrogens is 1. The number of esters is 1. The minimum absolute atomic E-state index is 0.0489. The quantitative estimate of drug-likeness (QED) is 0.689. The number of hydrogen-bond acceptors (Lipinski definition) is 6. The van der Waals surface area contributed by atoms with Gasteiger partial charge in [0.2, 0.25) is 5.91 Å². The number of fused-ring (bicyclic) bond motifs is 2. The summed E-state index contributed by atoms with van der Waals surface area (Å²) in [5.74, 6) is -0.584. The molecular weight excluding hydrogens is 439 g/mol. The van der Waals surface area contributed by atoms with Gasteiger partial charge in [0.15, 0.2) is 0 Å². The number of rotatable bonds is 3. The minimum Gasteiger partial charge on any atom is -0.459 e. The van der Waals surface area contributed by atoms with Gasteiger partial charge < -0.3 is 19.7 Å². The van der Waals surface area contributed by atoms with Crippen molar-refractivity contribution in [3.63, 3.8) is 0 Å². The van der Waals surface area contributed by atoms with Crippen LogP contribution in [-0.4, -0.2) is 59.2 Å². The lowest BCUT2D eigenvalue weighted by atomic mass is 9.79. The molecule has 2 unspecified atom stereocenters. The zero-order valence-corrected chi connectivity index (χ0v) is 18.5. The van der Waals surface area contributed by atoms with Crippen LogP contribution >= 0.6 is 0 Å². The van der Waals surface area contributed by atoms with E-state index >= 15 is 0 Å². The van der Waals surface area contributed by atoms with Crippen molar-refractivity contribution in [3.8, 4) is 0 Å². The normalized spacial score (nSPS) is 32.2. The molecule has 180 valence electrons. The number of halogens is 3. The highest BCUT2D eigenvalue weighted by Gasteiger charge is 2.64. The predicted octanol–water partition coefficient (Wildman–Crippen LogP) is 2.61. The number of amides is 1. The van der Waals surface area contributed by atoms with E-state index in [1.165, 1.54) is 6.92 Å². The maximum absolute atomic E-state index is 13.7. The van der Waals surface area contributed by atoms with Crippen molar-refractivity contribution in [3.05, 3.63) is 29.1 Å². The topological polar surface area (TPSA) is 80.8 Å². The van der Waals surface area contributed by atoms with Gasteiger partial charge in [-0.15, -0.1) is 0 Å². The maximum Gasteiger partial charge on any atom is 0.417 e. The molecule has 4 aliphatic rings. The second-order valence-electron chi connectivity index (χ2n) is 9.71. The molecule has 5 rings (SSSR count). The van der Waals surface area contributed by atoms with Crippen LogP contribution in [0.5, 0.6) is 0 Å². The average Bonchev–Trinajstić information content (AvgIpc) is 3.28. The van der Waals surface area contributed by atoms with Crippen molar-refractivity contribution >= 4 is 11.9 Å². The molecule has 33 heavy (non-hydrogen) atoms. The van der Waals surface area contributed by atoms with Crippen LogP contribution in [0.3, 0.4) is 0 Å². The summed E-state index contributed by atoms with van der Waals surface area (Å²) >= 11 is 0. The first-order valence-electron chi connectivity index (χ1n) is 11.5. The van der Waals surface area contributed by atoms with E-state index in [4.69, 9.17) is 9.47 Å². The van der Waals surface area contributed by atoms with Crippen LogP contribution in [0.2, 0.25) is 0 Å². The molecule has 0 aromatic carbocycles. The average molecular weight is 467 g/mol. The van der Waals surface area contributed by atoms with Gasteiger partial charge in [-0.25, -0.2) is 0 Å². The van der Waals surface area contributed by atoms with E-state index in [-0.39, 0.29) is 24.9 Å². The summed E-state index contributed by atoms with van der Waals surface area (Å²) in [4.78, 5) is 31.4. The van der Waals surface area contributed by atoms with Crippen molar-refractivity contribution in [1.29, 1.82) is 0 Å². The number of ether oxygens (including phenoxy) is 2. The Kier molecular flexibility index (Phi) is 5.63. The van der Waals surface area contributed by atoms with Crippen LogP contribution in [0.15, 0.2) is 12.3 Å². The summed E-state index contributed by atoms with van der Waals surface area (Å²) < 4.78 is 50.8. The third-order valence-electron chi connectivity index (χ3n) is 7.65. The Morgan fingerprint density at radius 1 is 1.27 bits per heavy atom. The van der Waals surface area contributed by atoms with E-state index in [0.717, 1.165) is 31.5 Å². The number of alkyl halides is 3. The lowest BCUT2D eigenvalue weighted by Gasteiger charge is -2.34. The summed E-state index contributed by atoms with van der Waals surface area (Å²) in [5.41, 5.74) is -0.739. The molecule has 2 saturated heterocycles. The number of carbonyl (C=O) groups excluding carboxylic acids is 2. The molecule has 1 saturated carbocycles. The molecule has 1 spiro atoms. The molecule has 0 bridgehead atoms. The molecule has 1 aromatic rings. The van der Waals surface area contributed by atoms with Gasteiger partial charge in [-0.2, -0.15) is 13.2 Å². The molecule has 1 N–H and O–H groups in total. The third-order valence-corrected chi connectivity index (χ3v) is 7.65. The zero-order valence-electron chi connectivity index (χ0n) is 18.5. The molecule has 1 aromatic heterocycles. The smallest absolute Gasteiger partial charge is 0.417 e. The zero-order chi connectivity index (χ0) is 23.4. The number of nitrogens with zero attached hydrogens (tertiary/aromatic N) is 2. The molecule has 4 heterocycles. The Bertz CT molecular complexity index is 949. The SMILES string of the molecule is CC(=O)OC1C2Cc3ncc(C(F)(F)F)cc3CN2C(=O)[C@]12CC[C@@H](NC1CCOCC1)C2. The van der Waals surface area contributed by atoms with Gasteiger partial charge in [-0.05, 0) is 43.7 Å². The Hall–Kier alpha value is -2.20. The molecule has 0 radical (unpaired) electrons. The molecule has 1 amide bonds. The fraction of sp³-hybridized carbons (Fsp3) is 0.696. The second kappa shape index (κ2) is 8.23. The van der Waals surface area contributed by atoms with E-state index in [1.807, 2.05) is 0 Å². The van der Waals surface area contributed by atoms with Crippen LogP contribution < -0.4 is 5.32 Å². The van der Waals surface area contributed by atoms with Gasteiger partial charge in [0.25, 0.3) is 0 Å². The summed E-state index contributed by atoms with van der Waals surface area (Å²) in [5, 5.41) is 3.66. The second-order valence-corrected chi connectivity index (χ2v) is 9.71. The molecule has 7 nitrogen and oxygen atoms in total. The van der Waals surface area contributed by atoms with Gasteiger partial charge in [-0.1, -0.05) is 0 Å². The van der Waals surface area contributed by atoms with Gasteiger partial charge in [0.05, 0.1) is 17.0 Å². The van der Waals surface area contributed by atoms with Crippen LogP contribution in [0.4, 0.5) is 13.2 Å². The van der Waals surface area contributed by atoms with E-state index in [9.17, 15) is 22.8 Å². The Morgan fingerprint density at radius 2 is 2.03 bits per heavy atom. The molecule has 4 atom stereocenters. The monoisotopic (exact) mass is 467 g/mol. The Balaban J connectivity index is 1.41. The van der Waals surface area contributed by atoms with E-state index in [0.29, 0.717) is 43.4 Å². The Labute approximate surface area is 190 Å². The summed E-state index contributed by atoms with van der Waals surface area (Å²) in [6.45, 7) is 2.81. The first kappa shape index (κ1) is 22.6. The van der Waals surface area contributed by atoms with Gasteiger partial charge in [-0.3, -0.25) is 14.6 Å².